The molecule has 0 unspecified atom stereocenters. The number of nitrogens with zero attached hydrogens (tertiary/aromatic N) is 9. The first-order valence-corrected chi connectivity index (χ1v) is 19.6. The van der Waals surface area contributed by atoms with Crippen LogP contribution >= 0.6 is 12.4 Å². The number of hydrogen-bond acceptors (Lipinski definition) is 15. The number of nitro groups is 1. The summed E-state index contributed by atoms with van der Waals surface area (Å²) in [4.78, 5) is 60.9. The lowest BCUT2D eigenvalue weighted by molar-refractivity contribution is -0.383. The number of esters is 1. The highest BCUT2D eigenvalue weighted by atomic mass is 35.5. The summed E-state index contributed by atoms with van der Waals surface area (Å²) >= 11 is 0. The number of aromatic nitrogens is 4. The number of ether oxygens (including phenoxy) is 1. The third kappa shape index (κ3) is 11.6. The van der Waals surface area contributed by atoms with E-state index in [1.807, 2.05) is 24.0 Å². The van der Waals surface area contributed by atoms with Crippen molar-refractivity contribution in [2.24, 2.45) is 0 Å². The number of hydrogen-bond donors (Lipinski definition) is 2. The first kappa shape index (κ1) is 43.7. The molecule has 16 nitrogen and oxygen atoms in total. The van der Waals surface area contributed by atoms with Gasteiger partial charge in [-0.2, -0.15) is 0 Å². The van der Waals surface area contributed by atoms with E-state index in [1.54, 1.807) is 13.8 Å². The van der Waals surface area contributed by atoms with Crippen LogP contribution in [0.3, 0.4) is 0 Å². The Bertz CT molecular complexity index is 2070. The Morgan fingerprint density at radius 3 is 1.95 bits per heavy atom. The number of ketones is 1. The second-order valence-corrected chi connectivity index (χ2v) is 14.9. The van der Waals surface area contributed by atoms with E-state index in [-0.39, 0.29) is 55.3 Å². The van der Waals surface area contributed by atoms with Crippen LogP contribution in [0.15, 0.2) is 48.5 Å². The zero-order valence-electron chi connectivity index (χ0n) is 33.6. The van der Waals surface area contributed by atoms with Crippen LogP contribution in [-0.4, -0.2) is 92.3 Å². The fourth-order valence-corrected chi connectivity index (χ4v) is 7.73. The molecule has 2 saturated heterocycles. The minimum atomic E-state index is -0.619. The lowest BCUT2D eigenvalue weighted by atomic mass is 10.0. The molecule has 4 N–H and O–H groups in total. The average Bonchev–Trinajstić information content (AvgIpc) is 3.87. The van der Waals surface area contributed by atoms with Crippen molar-refractivity contribution in [1.82, 2.24) is 29.7 Å². The van der Waals surface area contributed by atoms with E-state index >= 15 is 0 Å². The SMILES string of the molecule is CCOC(=O)CN(Cc1cccc(CN2CCCC2)c1)c1nc(C)nc(N)c1[N+](=O)[O-].Cc1nc(N)c2c(n1)N(Cc1cccc(CN3CCCC3)c1)CC(=O)C2.Cl. The number of carbonyl (C=O) groups is 2. The number of aryl methyl sites for hydroxylation is 2. The standard InChI is InChI=1S/C21H28N6O4.C20H25N5O.ClH/c1-3-31-18(28)14-26(21-19(27(29)30)20(22)23-15(2)24-21)13-17-8-6-7-16(11-17)12-25-9-4-5-10-25;1-14-22-19(21)18-10-17(26)13-25(20(18)23-14)12-16-6-4-5-15(9-16)11-24-7-2-3-8-24;/h6-8,11H,3-5,9-10,12-14H2,1-2H3,(H2,22,23,24);4-6,9H,2-3,7-8,10-13H2,1H3,(H2,21,22,23);1H. The van der Waals surface area contributed by atoms with E-state index in [4.69, 9.17) is 16.2 Å². The Hall–Kier alpha value is -5.45. The second-order valence-electron chi connectivity index (χ2n) is 14.9. The minimum Gasteiger partial charge on any atom is -0.465 e. The Labute approximate surface area is 345 Å². The highest BCUT2D eigenvalue weighted by molar-refractivity contribution is 5.91. The van der Waals surface area contributed by atoms with E-state index in [2.05, 4.69) is 66.1 Å². The molecule has 3 aliphatic rings. The Balaban J connectivity index is 0.000000220. The summed E-state index contributed by atoms with van der Waals surface area (Å²) in [5.74, 6) is 1.59. The van der Waals surface area contributed by atoms with Crippen LogP contribution in [0.1, 0.15) is 72.1 Å². The van der Waals surface area contributed by atoms with Crippen LogP contribution in [0, 0.1) is 24.0 Å². The number of benzene rings is 2. The number of nitrogen functional groups attached to an aromatic ring is 2. The van der Waals surface area contributed by atoms with E-state index in [0.29, 0.717) is 31.2 Å². The zero-order valence-corrected chi connectivity index (χ0v) is 34.4. The van der Waals surface area contributed by atoms with Gasteiger partial charge in [-0.05, 0) is 94.9 Å². The Morgan fingerprint density at radius 2 is 1.36 bits per heavy atom. The molecule has 2 aromatic heterocycles. The van der Waals surface area contributed by atoms with E-state index in [9.17, 15) is 19.7 Å². The molecule has 2 aromatic carbocycles. The van der Waals surface area contributed by atoms with E-state index in [0.717, 1.165) is 48.7 Å². The van der Waals surface area contributed by atoms with Gasteiger partial charge in [-0.25, -0.2) is 19.9 Å². The first-order valence-electron chi connectivity index (χ1n) is 19.6. The summed E-state index contributed by atoms with van der Waals surface area (Å²) in [6.07, 6.45) is 5.35. The molecule has 0 spiro atoms. The van der Waals surface area contributed by atoms with Gasteiger partial charge < -0.3 is 26.0 Å². The molecule has 58 heavy (non-hydrogen) atoms. The maximum Gasteiger partial charge on any atom is 0.353 e. The summed E-state index contributed by atoms with van der Waals surface area (Å²) in [5.41, 5.74) is 16.8. The summed E-state index contributed by atoms with van der Waals surface area (Å²) in [6.45, 7) is 12.8. The van der Waals surface area contributed by atoms with Crippen LogP contribution in [0.25, 0.3) is 0 Å². The molecular formula is C41H54ClN11O5. The molecule has 3 aliphatic heterocycles. The van der Waals surface area contributed by atoms with Gasteiger partial charge in [0.1, 0.15) is 29.8 Å². The molecule has 310 valence electrons. The number of halogens is 1. The molecule has 4 aromatic rings. The maximum atomic E-state index is 12.3. The summed E-state index contributed by atoms with van der Waals surface area (Å²) in [6, 6.07) is 16.6. The van der Waals surface area contributed by atoms with Gasteiger partial charge in [-0.1, -0.05) is 48.5 Å². The molecule has 2 fully saturated rings. The van der Waals surface area contributed by atoms with Crippen molar-refractivity contribution in [3.05, 3.63) is 98.1 Å². The number of rotatable bonds is 13. The zero-order chi connectivity index (χ0) is 40.5. The van der Waals surface area contributed by atoms with Crippen LogP contribution in [0.5, 0.6) is 0 Å². The van der Waals surface area contributed by atoms with Crippen molar-refractivity contribution >= 4 is 53.1 Å². The molecule has 0 amide bonds. The first-order chi connectivity index (χ1) is 27.4. The Morgan fingerprint density at radius 1 is 0.828 bits per heavy atom. The fraction of sp³-hybridized carbons (Fsp3) is 0.463. The van der Waals surface area contributed by atoms with Gasteiger partial charge in [-0.3, -0.25) is 29.5 Å². The topological polar surface area (TPSA) is 203 Å². The molecule has 5 heterocycles. The molecule has 7 rings (SSSR count). The summed E-state index contributed by atoms with van der Waals surface area (Å²) in [5, 5.41) is 11.7. The lowest BCUT2D eigenvalue weighted by Gasteiger charge is -2.30. The van der Waals surface area contributed by atoms with Crippen LogP contribution in [0.2, 0.25) is 0 Å². The number of anilines is 4. The van der Waals surface area contributed by atoms with Crippen molar-refractivity contribution in [3.8, 4) is 0 Å². The van der Waals surface area contributed by atoms with E-state index < -0.39 is 16.6 Å². The predicted molar refractivity (Wildman–Crippen MR) is 226 cm³/mol. The monoisotopic (exact) mass is 815 g/mol. The van der Waals surface area contributed by atoms with Crippen LogP contribution < -0.4 is 21.3 Å². The highest BCUT2D eigenvalue weighted by Gasteiger charge is 2.29. The molecule has 0 radical (unpaired) electrons. The second kappa shape index (κ2) is 20.3. The maximum absolute atomic E-state index is 12.3. The smallest absolute Gasteiger partial charge is 0.353 e. The quantitative estimate of drug-likeness (QED) is 0.104. The van der Waals surface area contributed by atoms with Gasteiger partial charge in [0.25, 0.3) is 0 Å². The van der Waals surface area contributed by atoms with Gasteiger partial charge in [0.15, 0.2) is 5.78 Å². The van der Waals surface area contributed by atoms with Crippen LogP contribution in [-0.2, 0) is 46.9 Å². The number of nitrogens with two attached hydrogens (primary N) is 2. The fourth-order valence-electron chi connectivity index (χ4n) is 7.73. The predicted octanol–water partition coefficient (Wildman–Crippen LogP) is 4.96. The molecule has 0 saturated carbocycles. The third-order valence-electron chi connectivity index (χ3n) is 10.2. The lowest BCUT2D eigenvalue weighted by Crippen LogP contribution is -2.37. The van der Waals surface area contributed by atoms with Crippen molar-refractivity contribution in [1.29, 1.82) is 0 Å². The van der Waals surface area contributed by atoms with Crippen LogP contribution in [0.4, 0.5) is 29.0 Å². The van der Waals surface area contributed by atoms with Gasteiger partial charge in [0.2, 0.25) is 11.6 Å². The largest absolute Gasteiger partial charge is 0.465 e. The minimum absolute atomic E-state index is 0. The van der Waals surface area contributed by atoms with Gasteiger partial charge in [0.05, 0.1) is 18.1 Å². The van der Waals surface area contributed by atoms with E-state index in [1.165, 1.54) is 54.8 Å². The highest BCUT2D eigenvalue weighted by Crippen LogP contribution is 2.32. The van der Waals surface area contributed by atoms with Crippen molar-refractivity contribution < 1.29 is 19.2 Å². The summed E-state index contributed by atoms with van der Waals surface area (Å²) in [7, 11) is 0. The number of fused-ring (bicyclic) bond motifs is 1. The molecule has 0 bridgehead atoms. The molecule has 0 atom stereocenters. The molecule has 17 heteroatoms. The number of carbonyl (C=O) groups excluding carboxylic acids is 2. The van der Waals surface area contributed by atoms with Gasteiger partial charge in [0, 0.05) is 38.2 Å². The van der Waals surface area contributed by atoms with Crippen molar-refractivity contribution in [2.45, 2.75) is 79.1 Å². The molecule has 0 aliphatic carbocycles. The molecular weight excluding hydrogens is 762 g/mol. The Kier molecular flexibility index (Phi) is 15.3. The van der Waals surface area contributed by atoms with Crippen molar-refractivity contribution in [2.75, 3.05) is 67.1 Å². The average molecular weight is 816 g/mol. The van der Waals surface area contributed by atoms with Gasteiger partial charge >= 0.3 is 11.7 Å². The summed E-state index contributed by atoms with van der Waals surface area (Å²) < 4.78 is 5.07. The number of Topliss-reactive ketones (excluding diaryl/α,β-unsaturated/α-hetero) is 1. The number of likely N-dealkylation sites (tertiary alicyclic amines) is 2. The van der Waals surface area contributed by atoms with Gasteiger partial charge in [-0.15, -0.1) is 12.4 Å². The van der Waals surface area contributed by atoms with Crippen molar-refractivity contribution in [3.63, 3.8) is 0 Å². The normalized spacial score (nSPS) is 15.3. The third-order valence-corrected chi connectivity index (χ3v) is 10.2.